The second kappa shape index (κ2) is 7.02. The Kier molecular flexibility index (Phi) is 5.99. The van der Waals surface area contributed by atoms with E-state index in [0.717, 1.165) is 35.8 Å². The van der Waals surface area contributed by atoms with Crippen LogP contribution in [0.25, 0.3) is 0 Å². The highest BCUT2D eigenvalue weighted by Crippen LogP contribution is 2.16. The maximum atomic E-state index is 13.1. The Labute approximate surface area is 106 Å². The molecule has 0 aliphatic carbocycles. The van der Waals surface area contributed by atoms with Gasteiger partial charge in [0.1, 0.15) is 5.82 Å². The summed E-state index contributed by atoms with van der Waals surface area (Å²) in [6.45, 7) is 5.30. The minimum atomic E-state index is -0.163. The first-order chi connectivity index (χ1) is 7.61. The Hall–Kier alpha value is -0.410. The van der Waals surface area contributed by atoms with E-state index in [2.05, 4.69) is 35.1 Å². The van der Waals surface area contributed by atoms with Crippen molar-refractivity contribution in [2.24, 2.45) is 0 Å². The Balaban J connectivity index is 2.37. The summed E-state index contributed by atoms with van der Waals surface area (Å²) in [7, 11) is 0. The minimum absolute atomic E-state index is 0.163. The van der Waals surface area contributed by atoms with Gasteiger partial charge in [0.2, 0.25) is 0 Å². The van der Waals surface area contributed by atoms with Gasteiger partial charge in [-0.1, -0.05) is 22.9 Å². The molecular formula is C13H19BrFN. The number of hydrogen-bond acceptors (Lipinski definition) is 1. The third-order valence-corrected chi connectivity index (χ3v) is 3.04. The molecule has 1 aromatic carbocycles. The SMILES string of the molecule is CCNC(C)CCCc1cc(F)cc(Br)c1. The van der Waals surface area contributed by atoms with Gasteiger partial charge >= 0.3 is 0 Å². The first-order valence-electron chi connectivity index (χ1n) is 5.80. The summed E-state index contributed by atoms with van der Waals surface area (Å²) in [6, 6.07) is 5.64. The highest BCUT2D eigenvalue weighted by Gasteiger charge is 2.02. The molecule has 0 aliphatic rings. The summed E-state index contributed by atoms with van der Waals surface area (Å²) < 4.78 is 13.9. The molecule has 0 heterocycles. The van der Waals surface area contributed by atoms with Gasteiger partial charge in [0.05, 0.1) is 0 Å². The lowest BCUT2D eigenvalue weighted by Crippen LogP contribution is -2.25. The molecule has 0 aromatic heterocycles. The third-order valence-electron chi connectivity index (χ3n) is 2.58. The Morgan fingerprint density at radius 2 is 2.12 bits per heavy atom. The van der Waals surface area contributed by atoms with E-state index in [1.165, 1.54) is 6.07 Å². The van der Waals surface area contributed by atoms with Crippen LogP contribution < -0.4 is 5.32 Å². The molecule has 1 rings (SSSR count). The predicted octanol–water partition coefficient (Wildman–Crippen LogP) is 3.91. The Bertz CT molecular complexity index is 307. The Morgan fingerprint density at radius 1 is 1.38 bits per heavy atom. The largest absolute Gasteiger partial charge is 0.315 e. The van der Waals surface area contributed by atoms with Crippen molar-refractivity contribution in [2.45, 2.75) is 39.2 Å². The summed E-state index contributed by atoms with van der Waals surface area (Å²) in [6.07, 6.45) is 3.15. The summed E-state index contributed by atoms with van der Waals surface area (Å²) in [4.78, 5) is 0. The molecule has 0 amide bonds. The normalized spacial score (nSPS) is 12.8. The van der Waals surface area contributed by atoms with Crippen LogP contribution in [0.4, 0.5) is 4.39 Å². The monoisotopic (exact) mass is 287 g/mol. The molecule has 0 aliphatic heterocycles. The third kappa shape index (κ3) is 5.08. The average Bonchev–Trinajstić information content (AvgIpc) is 2.16. The predicted molar refractivity (Wildman–Crippen MR) is 70.2 cm³/mol. The van der Waals surface area contributed by atoms with Crippen molar-refractivity contribution in [1.82, 2.24) is 5.32 Å². The van der Waals surface area contributed by atoms with Gasteiger partial charge in [0.25, 0.3) is 0 Å². The van der Waals surface area contributed by atoms with E-state index in [1.807, 2.05) is 6.07 Å². The van der Waals surface area contributed by atoms with E-state index in [1.54, 1.807) is 6.07 Å². The fraction of sp³-hybridized carbons (Fsp3) is 0.538. The summed E-state index contributed by atoms with van der Waals surface area (Å²) in [5.41, 5.74) is 1.07. The van der Waals surface area contributed by atoms with Crippen LogP contribution in [0.3, 0.4) is 0 Å². The van der Waals surface area contributed by atoms with Gasteiger partial charge in [-0.2, -0.15) is 0 Å². The summed E-state index contributed by atoms with van der Waals surface area (Å²) in [5, 5.41) is 3.37. The number of nitrogens with one attached hydrogen (secondary N) is 1. The molecule has 1 nitrogen and oxygen atoms in total. The number of halogens is 2. The van der Waals surface area contributed by atoms with Crippen molar-refractivity contribution < 1.29 is 4.39 Å². The molecule has 1 unspecified atom stereocenters. The van der Waals surface area contributed by atoms with Gasteiger partial charge in [-0.15, -0.1) is 0 Å². The van der Waals surface area contributed by atoms with Crippen LogP contribution in [0.2, 0.25) is 0 Å². The van der Waals surface area contributed by atoms with E-state index < -0.39 is 0 Å². The molecule has 16 heavy (non-hydrogen) atoms. The first-order valence-corrected chi connectivity index (χ1v) is 6.59. The van der Waals surface area contributed by atoms with E-state index in [-0.39, 0.29) is 5.82 Å². The van der Waals surface area contributed by atoms with Crippen LogP contribution in [0.1, 0.15) is 32.3 Å². The highest BCUT2D eigenvalue weighted by molar-refractivity contribution is 9.10. The van der Waals surface area contributed by atoms with Crippen LogP contribution >= 0.6 is 15.9 Å². The van der Waals surface area contributed by atoms with Crippen LogP contribution in [0.15, 0.2) is 22.7 Å². The molecule has 0 saturated heterocycles. The standard InChI is InChI=1S/C13H19BrFN/c1-3-16-10(2)5-4-6-11-7-12(14)9-13(15)8-11/h7-10,16H,3-6H2,1-2H3. The Morgan fingerprint density at radius 3 is 2.75 bits per heavy atom. The molecule has 0 bridgehead atoms. The zero-order chi connectivity index (χ0) is 12.0. The molecule has 0 radical (unpaired) electrons. The lowest BCUT2D eigenvalue weighted by Gasteiger charge is -2.11. The highest BCUT2D eigenvalue weighted by atomic mass is 79.9. The fourth-order valence-corrected chi connectivity index (χ4v) is 2.33. The lowest BCUT2D eigenvalue weighted by atomic mass is 10.1. The van der Waals surface area contributed by atoms with Crippen molar-refractivity contribution in [3.63, 3.8) is 0 Å². The van der Waals surface area contributed by atoms with E-state index >= 15 is 0 Å². The van der Waals surface area contributed by atoms with Crippen molar-refractivity contribution in [3.05, 3.63) is 34.1 Å². The molecule has 90 valence electrons. The van der Waals surface area contributed by atoms with E-state index in [4.69, 9.17) is 0 Å². The maximum Gasteiger partial charge on any atom is 0.124 e. The molecule has 0 saturated carbocycles. The van der Waals surface area contributed by atoms with Crippen molar-refractivity contribution in [3.8, 4) is 0 Å². The van der Waals surface area contributed by atoms with Gasteiger partial charge in [-0.05, 0) is 56.5 Å². The first kappa shape index (κ1) is 13.7. The van der Waals surface area contributed by atoms with Crippen LogP contribution in [0.5, 0.6) is 0 Å². The van der Waals surface area contributed by atoms with Gasteiger partial charge in [0, 0.05) is 10.5 Å². The molecule has 0 spiro atoms. The summed E-state index contributed by atoms with van der Waals surface area (Å²) >= 11 is 3.31. The fourth-order valence-electron chi connectivity index (χ4n) is 1.82. The van der Waals surface area contributed by atoms with Gasteiger partial charge in [0.15, 0.2) is 0 Å². The minimum Gasteiger partial charge on any atom is -0.315 e. The van der Waals surface area contributed by atoms with Gasteiger partial charge in [-0.3, -0.25) is 0 Å². The number of rotatable bonds is 6. The summed E-state index contributed by atoms with van der Waals surface area (Å²) in [5.74, 6) is -0.163. The van der Waals surface area contributed by atoms with Crippen molar-refractivity contribution in [1.29, 1.82) is 0 Å². The van der Waals surface area contributed by atoms with Gasteiger partial charge < -0.3 is 5.32 Å². The zero-order valence-electron chi connectivity index (χ0n) is 9.89. The van der Waals surface area contributed by atoms with E-state index in [9.17, 15) is 4.39 Å². The number of hydrogen-bond donors (Lipinski definition) is 1. The second-order valence-electron chi connectivity index (χ2n) is 4.13. The number of aryl methyl sites for hydroxylation is 1. The topological polar surface area (TPSA) is 12.0 Å². The van der Waals surface area contributed by atoms with Crippen molar-refractivity contribution >= 4 is 15.9 Å². The molecule has 3 heteroatoms. The molecule has 1 aromatic rings. The maximum absolute atomic E-state index is 13.1. The molecule has 0 fully saturated rings. The van der Waals surface area contributed by atoms with Crippen LogP contribution in [-0.2, 0) is 6.42 Å². The smallest absolute Gasteiger partial charge is 0.124 e. The molecular weight excluding hydrogens is 269 g/mol. The zero-order valence-corrected chi connectivity index (χ0v) is 11.5. The number of benzene rings is 1. The molecule has 1 N–H and O–H groups in total. The average molecular weight is 288 g/mol. The van der Waals surface area contributed by atoms with Gasteiger partial charge in [-0.25, -0.2) is 4.39 Å². The van der Waals surface area contributed by atoms with Crippen molar-refractivity contribution in [2.75, 3.05) is 6.54 Å². The van der Waals surface area contributed by atoms with Crippen LogP contribution in [-0.4, -0.2) is 12.6 Å². The van der Waals surface area contributed by atoms with Crippen LogP contribution in [0, 0.1) is 5.82 Å². The quantitative estimate of drug-likeness (QED) is 0.837. The van der Waals surface area contributed by atoms with E-state index in [0.29, 0.717) is 6.04 Å². The lowest BCUT2D eigenvalue weighted by molar-refractivity contribution is 0.512. The second-order valence-corrected chi connectivity index (χ2v) is 5.04. The molecule has 1 atom stereocenters.